The van der Waals surface area contributed by atoms with Gasteiger partial charge in [0.25, 0.3) is 0 Å². The van der Waals surface area contributed by atoms with E-state index >= 15 is 0 Å². The van der Waals surface area contributed by atoms with Crippen molar-refractivity contribution in [3.05, 3.63) is 22.4 Å². The van der Waals surface area contributed by atoms with Crippen LogP contribution in [0.25, 0.3) is 0 Å². The molecule has 1 N–H and O–H groups in total. The summed E-state index contributed by atoms with van der Waals surface area (Å²) in [6.45, 7) is 5.91. The van der Waals surface area contributed by atoms with Gasteiger partial charge < -0.3 is 5.32 Å². The van der Waals surface area contributed by atoms with Crippen LogP contribution in [0.2, 0.25) is 0 Å². The van der Waals surface area contributed by atoms with Crippen LogP contribution in [0, 0.1) is 5.92 Å². The van der Waals surface area contributed by atoms with Gasteiger partial charge >= 0.3 is 0 Å². The van der Waals surface area contributed by atoms with E-state index in [1.165, 1.54) is 45.3 Å². The second kappa shape index (κ2) is 5.72. The number of hydrogen-bond acceptors (Lipinski definition) is 3. The molecule has 0 amide bonds. The first kappa shape index (κ1) is 12.6. The molecule has 3 rings (SSSR count). The van der Waals surface area contributed by atoms with Crippen LogP contribution in [0.1, 0.15) is 43.5 Å². The van der Waals surface area contributed by atoms with Gasteiger partial charge in [-0.3, -0.25) is 4.90 Å². The molecule has 1 aliphatic carbocycles. The van der Waals surface area contributed by atoms with Crippen LogP contribution in [-0.4, -0.2) is 30.6 Å². The molecular weight excluding hydrogens is 240 g/mol. The summed E-state index contributed by atoms with van der Waals surface area (Å²) in [5.41, 5.74) is 0. The Morgan fingerprint density at radius 2 is 2.33 bits per heavy atom. The van der Waals surface area contributed by atoms with E-state index in [0.29, 0.717) is 6.04 Å². The third-order valence-corrected chi connectivity index (χ3v) is 5.31. The zero-order valence-electron chi connectivity index (χ0n) is 11.3. The molecule has 2 nitrogen and oxygen atoms in total. The Hall–Kier alpha value is -0.380. The summed E-state index contributed by atoms with van der Waals surface area (Å²) in [6, 6.07) is 5.99. The van der Waals surface area contributed by atoms with Gasteiger partial charge in [0.1, 0.15) is 0 Å². The van der Waals surface area contributed by atoms with Crippen molar-refractivity contribution in [2.45, 2.75) is 44.7 Å². The number of thiophene rings is 1. The molecule has 0 spiro atoms. The zero-order chi connectivity index (χ0) is 12.4. The van der Waals surface area contributed by atoms with Gasteiger partial charge in [0.05, 0.1) is 0 Å². The fraction of sp³-hybridized carbons (Fsp3) is 0.733. The fourth-order valence-electron chi connectivity index (χ4n) is 3.34. The van der Waals surface area contributed by atoms with Crippen LogP contribution in [-0.2, 0) is 0 Å². The summed E-state index contributed by atoms with van der Waals surface area (Å²) in [6.07, 6.45) is 5.57. The number of rotatable bonds is 5. The first-order valence-electron chi connectivity index (χ1n) is 7.40. The van der Waals surface area contributed by atoms with E-state index in [4.69, 9.17) is 0 Å². The number of likely N-dealkylation sites (N-methyl/N-ethyl adjacent to an activating group) is 1. The Kier molecular flexibility index (Phi) is 4.02. The molecule has 2 unspecified atom stereocenters. The van der Waals surface area contributed by atoms with Crippen molar-refractivity contribution in [3.8, 4) is 0 Å². The first-order chi connectivity index (χ1) is 8.90. The lowest BCUT2D eigenvalue weighted by molar-refractivity contribution is 0.107. The Morgan fingerprint density at radius 1 is 1.44 bits per heavy atom. The van der Waals surface area contributed by atoms with Crippen LogP contribution < -0.4 is 5.32 Å². The Labute approximate surface area is 114 Å². The summed E-state index contributed by atoms with van der Waals surface area (Å²) in [5.74, 6) is 0.922. The van der Waals surface area contributed by atoms with Crippen LogP contribution >= 0.6 is 11.3 Å². The molecule has 1 saturated heterocycles. The van der Waals surface area contributed by atoms with Gasteiger partial charge in [-0.25, -0.2) is 0 Å². The van der Waals surface area contributed by atoms with Crippen molar-refractivity contribution in [2.24, 2.45) is 5.92 Å². The largest absolute Gasteiger partial charge is 0.315 e. The summed E-state index contributed by atoms with van der Waals surface area (Å²) >= 11 is 1.94. The highest BCUT2D eigenvalue weighted by Gasteiger charge is 2.39. The molecule has 1 aromatic heterocycles. The van der Waals surface area contributed by atoms with Gasteiger partial charge in [-0.2, -0.15) is 0 Å². The maximum Gasteiger partial charge on any atom is 0.0473 e. The molecule has 0 aromatic carbocycles. The predicted molar refractivity (Wildman–Crippen MR) is 78.1 cm³/mol. The van der Waals surface area contributed by atoms with Gasteiger partial charge in [-0.15, -0.1) is 11.3 Å². The lowest BCUT2D eigenvalue weighted by atomic mass is 10.0. The first-order valence-corrected chi connectivity index (χ1v) is 8.28. The molecule has 1 aliphatic heterocycles. The monoisotopic (exact) mass is 264 g/mol. The van der Waals surface area contributed by atoms with Gasteiger partial charge in [0.15, 0.2) is 0 Å². The standard InChI is InChI=1S/C15H24N2S/c1-2-17(13-5-3-9-16-11-13)15(12-7-8-12)14-6-4-10-18-14/h4,6,10,12-13,15-16H,2-3,5,7-9,11H2,1H3. The Balaban J connectivity index is 1.78. The van der Waals surface area contributed by atoms with E-state index < -0.39 is 0 Å². The smallest absolute Gasteiger partial charge is 0.0473 e. The summed E-state index contributed by atoms with van der Waals surface area (Å²) < 4.78 is 0. The van der Waals surface area contributed by atoms with Gasteiger partial charge in [-0.05, 0) is 56.1 Å². The van der Waals surface area contributed by atoms with Gasteiger partial charge in [0.2, 0.25) is 0 Å². The topological polar surface area (TPSA) is 15.3 Å². The lowest BCUT2D eigenvalue weighted by Crippen LogP contribution is -2.47. The molecule has 0 bridgehead atoms. The van der Waals surface area contributed by atoms with E-state index in [9.17, 15) is 0 Å². The fourth-order valence-corrected chi connectivity index (χ4v) is 4.28. The maximum atomic E-state index is 3.57. The highest BCUT2D eigenvalue weighted by atomic mass is 32.1. The van der Waals surface area contributed by atoms with Crippen molar-refractivity contribution in [3.63, 3.8) is 0 Å². The van der Waals surface area contributed by atoms with Crippen molar-refractivity contribution in [2.75, 3.05) is 19.6 Å². The van der Waals surface area contributed by atoms with Crippen molar-refractivity contribution < 1.29 is 0 Å². The number of piperidine rings is 1. The minimum atomic E-state index is 0.694. The molecule has 2 aliphatic rings. The van der Waals surface area contributed by atoms with E-state index in [1.54, 1.807) is 4.88 Å². The van der Waals surface area contributed by atoms with Gasteiger partial charge in [-0.1, -0.05) is 13.0 Å². The molecule has 1 saturated carbocycles. The Morgan fingerprint density at radius 3 is 2.89 bits per heavy atom. The molecule has 2 fully saturated rings. The molecule has 2 heterocycles. The van der Waals surface area contributed by atoms with E-state index in [0.717, 1.165) is 12.0 Å². The van der Waals surface area contributed by atoms with Gasteiger partial charge in [0, 0.05) is 23.5 Å². The maximum absolute atomic E-state index is 3.57. The summed E-state index contributed by atoms with van der Waals surface area (Å²) in [7, 11) is 0. The SMILES string of the molecule is CCN(C1CCCNC1)C(c1cccs1)C1CC1. The number of hydrogen-bond donors (Lipinski definition) is 1. The second-order valence-corrected chi connectivity index (χ2v) is 6.61. The highest BCUT2D eigenvalue weighted by Crippen LogP contribution is 2.46. The predicted octanol–water partition coefficient (Wildman–Crippen LogP) is 3.27. The summed E-state index contributed by atoms with van der Waals surface area (Å²) in [5, 5.41) is 5.80. The van der Waals surface area contributed by atoms with Crippen LogP contribution in [0.3, 0.4) is 0 Å². The van der Waals surface area contributed by atoms with Crippen molar-refractivity contribution in [1.82, 2.24) is 10.2 Å². The molecule has 0 radical (unpaired) electrons. The molecule has 2 atom stereocenters. The molecular formula is C15H24N2S. The van der Waals surface area contributed by atoms with E-state index in [1.807, 2.05) is 11.3 Å². The quantitative estimate of drug-likeness (QED) is 0.878. The average molecular weight is 264 g/mol. The normalized spacial score (nSPS) is 26.4. The Bertz CT molecular complexity index is 353. The van der Waals surface area contributed by atoms with Crippen molar-refractivity contribution >= 4 is 11.3 Å². The molecule has 1 aromatic rings. The third kappa shape index (κ3) is 2.63. The minimum Gasteiger partial charge on any atom is -0.315 e. The molecule has 100 valence electrons. The van der Waals surface area contributed by atoms with Crippen LogP contribution in [0.4, 0.5) is 0 Å². The molecule has 3 heteroatoms. The molecule has 18 heavy (non-hydrogen) atoms. The highest BCUT2D eigenvalue weighted by molar-refractivity contribution is 7.10. The lowest BCUT2D eigenvalue weighted by Gasteiger charge is -2.39. The average Bonchev–Trinajstić information content (AvgIpc) is 3.11. The third-order valence-electron chi connectivity index (χ3n) is 4.37. The van der Waals surface area contributed by atoms with Crippen molar-refractivity contribution in [1.29, 1.82) is 0 Å². The summed E-state index contributed by atoms with van der Waals surface area (Å²) in [4.78, 5) is 4.36. The van der Waals surface area contributed by atoms with E-state index in [-0.39, 0.29) is 0 Å². The zero-order valence-corrected chi connectivity index (χ0v) is 12.1. The minimum absolute atomic E-state index is 0.694. The second-order valence-electron chi connectivity index (χ2n) is 5.63. The van der Waals surface area contributed by atoms with Crippen LogP contribution in [0.15, 0.2) is 17.5 Å². The number of nitrogens with one attached hydrogen (secondary N) is 1. The number of nitrogens with zero attached hydrogens (tertiary/aromatic N) is 1. The van der Waals surface area contributed by atoms with E-state index in [2.05, 4.69) is 34.7 Å². The van der Waals surface area contributed by atoms with Crippen LogP contribution in [0.5, 0.6) is 0 Å².